The second kappa shape index (κ2) is 9.97. The molecular formula is C27H30FN3O3. The minimum absolute atomic E-state index is 0.253. The molecule has 3 aromatic carbocycles. The van der Waals surface area contributed by atoms with Gasteiger partial charge in [0.15, 0.2) is 0 Å². The summed E-state index contributed by atoms with van der Waals surface area (Å²) in [5.41, 5.74) is 2.45. The van der Waals surface area contributed by atoms with Crippen LogP contribution < -0.4 is 25.8 Å². The highest BCUT2D eigenvalue weighted by atomic mass is 19.1. The van der Waals surface area contributed by atoms with E-state index in [4.69, 9.17) is 4.74 Å². The third-order valence-electron chi connectivity index (χ3n) is 7.09. The van der Waals surface area contributed by atoms with Gasteiger partial charge >= 0.3 is 0 Å². The predicted octanol–water partition coefficient (Wildman–Crippen LogP) is 3.71. The van der Waals surface area contributed by atoms with Gasteiger partial charge in [-0.05, 0) is 80.6 Å². The van der Waals surface area contributed by atoms with Gasteiger partial charge in [-0.2, -0.15) is 0 Å². The van der Waals surface area contributed by atoms with Crippen molar-refractivity contribution in [2.75, 3.05) is 49.5 Å². The Kier molecular flexibility index (Phi) is 6.63. The number of halogens is 1. The molecule has 0 atom stereocenters. The summed E-state index contributed by atoms with van der Waals surface area (Å²) in [5, 5.41) is 3.25. The number of ether oxygens (including phenoxy) is 1. The number of hydrogen-bond donors (Lipinski definition) is 1. The zero-order chi connectivity index (χ0) is 23.5. The van der Waals surface area contributed by atoms with Gasteiger partial charge in [0, 0.05) is 25.3 Å². The second-order valence-corrected chi connectivity index (χ2v) is 9.22. The van der Waals surface area contributed by atoms with Gasteiger partial charge < -0.3 is 19.9 Å². The summed E-state index contributed by atoms with van der Waals surface area (Å²) in [4.78, 5) is 29.0. The van der Waals surface area contributed by atoms with Gasteiger partial charge in [-0.1, -0.05) is 18.2 Å². The van der Waals surface area contributed by atoms with Crippen LogP contribution in [-0.2, 0) is 6.42 Å². The minimum atomic E-state index is -0.403. The third-order valence-corrected chi connectivity index (χ3v) is 7.09. The number of fused-ring (bicyclic) bond motifs is 1. The highest BCUT2D eigenvalue weighted by Gasteiger charge is 2.30. The number of nitrogens with zero attached hydrogens (tertiary/aromatic N) is 2. The maximum absolute atomic E-state index is 13.0. The summed E-state index contributed by atoms with van der Waals surface area (Å²) < 4.78 is 18.7. The summed E-state index contributed by atoms with van der Waals surface area (Å²) in [5.74, 6) is 1.08. The molecule has 0 saturated carbocycles. The molecule has 2 aliphatic rings. The van der Waals surface area contributed by atoms with Crippen LogP contribution in [0.2, 0.25) is 0 Å². The van der Waals surface area contributed by atoms with Gasteiger partial charge in [0.05, 0.1) is 6.61 Å². The van der Waals surface area contributed by atoms with E-state index in [9.17, 15) is 14.0 Å². The zero-order valence-corrected chi connectivity index (χ0v) is 19.3. The van der Waals surface area contributed by atoms with E-state index in [1.54, 1.807) is 12.1 Å². The minimum Gasteiger partial charge on any atom is -0.494 e. The van der Waals surface area contributed by atoms with Crippen molar-refractivity contribution in [1.82, 2.24) is 4.90 Å². The number of anilines is 3. The molecule has 7 heteroatoms. The van der Waals surface area contributed by atoms with Crippen LogP contribution in [0.15, 0.2) is 58.1 Å². The average molecular weight is 464 g/mol. The molecule has 1 N–H and O–H groups in total. The van der Waals surface area contributed by atoms with E-state index in [0.29, 0.717) is 36.2 Å². The first-order valence-electron chi connectivity index (χ1n) is 12.1. The molecule has 0 spiro atoms. The van der Waals surface area contributed by atoms with Crippen molar-refractivity contribution >= 4 is 17.1 Å². The van der Waals surface area contributed by atoms with Crippen LogP contribution in [0.3, 0.4) is 0 Å². The van der Waals surface area contributed by atoms with E-state index in [0.717, 1.165) is 57.5 Å². The van der Waals surface area contributed by atoms with Crippen LogP contribution in [0.5, 0.6) is 5.75 Å². The number of hydrogen-bond acceptors (Lipinski definition) is 6. The Labute approximate surface area is 198 Å². The van der Waals surface area contributed by atoms with Crippen LogP contribution in [0.25, 0.3) is 0 Å². The standard InChI is InChI=1S/C27H30FN3O3/c28-21-5-7-22(8-6-21)34-18-12-19-9-14-30(15-10-19)17-13-29-24-25(27(33)26(24)32)31-16-11-20-3-1-2-4-23(20)31/h1-8,19,29H,9-18H2. The van der Waals surface area contributed by atoms with Crippen LogP contribution in [-0.4, -0.2) is 44.2 Å². The second-order valence-electron chi connectivity index (χ2n) is 9.22. The van der Waals surface area contributed by atoms with Crippen molar-refractivity contribution in [2.24, 2.45) is 5.92 Å². The SMILES string of the molecule is O=c1c(NCCN2CCC(CCOc3ccc(F)cc3)CC2)c(N2CCc3ccccc32)c1=O. The number of para-hydroxylation sites is 1. The largest absolute Gasteiger partial charge is 0.494 e. The fourth-order valence-corrected chi connectivity index (χ4v) is 5.08. The lowest BCUT2D eigenvalue weighted by Crippen LogP contribution is -2.42. The summed E-state index contributed by atoms with van der Waals surface area (Å²) in [6, 6.07) is 14.2. The van der Waals surface area contributed by atoms with Gasteiger partial charge in [0.1, 0.15) is 22.9 Å². The molecule has 1 fully saturated rings. The van der Waals surface area contributed by atoms with Crippen molar-refractivity contribution in [1.29, 1.82) is 0 Å². The molecule has 34 heavy (non-hydrogen) atoms. The van der Waals surface area contributed by atoms with Gasteiger partial charge in [0.2, 0.25) is 0 Å². The lowest BCUT2D eigenvalue weighted by atomic mass is 9.94. The quantitative estimate of drug-likeness (QED) is 0.488. The molecule has 3 aromatic rings. The highest BCUT2D eigenvalue weighted by molar-refractivity contribution is 5.82. The number of piperidine rings is 1. The monoisotopic (exact) mass is 463 g/mol. The molecule has 5 rings (SSSR count). The molecular weight excluding hydrogens is 433 g/mol. The molecule has 0 aromatic heterocycles. The highest BCUT2D eigenvalue weighted by Crippen LogP contribution is 2.35. The Morgan fingerprint density at radius 3 is 2.53 bits per heavy atom. The van der Waals surface area contributed by atoms with Crippen LogP contribution in [0.4, 0.5) is 21.5 Å². The van der Waals surface area contributed by atoms with E-state index in [2.05, 4.69) is 16.3 Å². The molecule has 0 unspecified atom stereocenters. The summed E-state index contributed by atoms with van der Waals surface area (Å²) in [7, 11) is 0. The zero-order valence-electron chi connectivity index (χ0n) is 19.3. The van der Waals surface area contributed by atoms with Gasteiger partial charge in [0.25, 0.3) is 10.9 Å². The van der Waals surface area contributed by atoms with Crippen molar-refractivity contribution in [2.45, 2.75) is 25.7 Å². The van der Waals surface area contributed by atoms with Crippen LogP contribution in [0, 0.1) is 11.7 Å². The van der Waals surface area contributed by atoms with Gasteiger partial charge in [-0.25, -0.2) is 4.39 Å². The number of benzene rings is 2. The Morgan fingerprint density at radius 1 is 0.971 bits per heavy atom. The Bertz CT molecular complexity index is 1190. The first-order valence-corrected chi connectivity index (χ1v) is 12.1. The van der Waals surface area contributed by atoms with E-state index >= 15 is 0 Å². The fourth-order valence-electron chi connectivity index (χ4n) is 5.08. The lowest BCUT2D eigenvalue weighted by Gasteiger charge is -2.32. The van der Waals surface area contributed by atoms with Crippen LogP contribution >= 0.6 is 0 Å². The lowest BCUT2D eigenvalue weighted by molar-refractivity contribution is 0.167. The predicted molar refractivity (Wildman–Crippen MR) is 133 cm³/mol. The summed E-state index contributed by atoms with van der Waals surface area (Å²) >= 11 is 0. The Balaban J connectivity index is 1.06. The van der Waals surface area contributed by atoms with Gasteiger partial charge in [-0.3, -0.25) is 9.59 Å². The van der Waals surface area contributed by atoms with E-state index in [1.807, 2.05) is 23.1 Å². The Hall–Kier alpha value is -3.19. The topological polar surface area (TPSA) is 61.9 Å². The van der Waals surface area contributed by atoms with Crippen molar-refractivity contribution in [3.8, 4) is 5.75 Å². The van der Waals surface area contributed by atoms with Crippen molar-refractivity contribution in [3.63, 3.8) is 0 Å². The number of likely N-dealkylation sites (tertiary alicyclic amines) is 1. The molecule has 6 nitrogen and oxygen atoms in total. The molecule has 2 aliphatic heterocycles. The van der Waals surface area contributed by atoms with E-state index < -0.39 is 5.43 Å². The average Bonchev–Trinajstić information content (AvgIpc) is 3.28. The third kappa shape index (κ3) is 4.71. The molecule has 0 bridgehead atoms. The molecule has 0 amide bonds. The molecule has 178 valence electrons. The van der Waals surface area contributed by atoms with E-state index in [-0.39, 0.29) is 11.2 Å². The molecule has 0 radical (unpaired) electrons. The first kappa shape index (κ1) is 22.6. The number of nitrogens with one attached hydrogen (secondary N) is 1. The Morgan fingerprint density at radius 2 is 1.74 bits per heavy atom. The van der Waals surface area contributed by atoms with Crippen molar-refractivity contribution in [3.05, 3.63) is 80.4 Å². The van der Waals surface area contributed by atoms with Gasteiger partial charge in [-0.15, -0.1) is 0 Å². The fraction of sp³-hybridized carbons (Fsp3) is 0.407. The smallest absolute Gasteiger partial charge is 0.253 e. The summed E-state index contributed by atoms with van der Waals surface area (Å²) in [6.45, 7) is 4.89. The van der Waals surface area contributed by atoms with Crippen molar-refractivity contribution < 1.29 is 9.13 Å². The molecule has 1 saturated heterocycles. The molecule has 2 heterocycles. The molecule has 0 aliphatic carbocycles. The van der Waals surface area contributed by atoms with E-state index in [1.165, 1.54) is 17.7 Å². The van der Waals surface area contributed by atoms with Crippen LogP contribution in [0.1, 0.15) is 24.8 Å². The number of rotatable bonds is 9. The maximum atomic E-state index is 13.0. The first-order chi connectivity index (χ1) is 16.6. The normalized spacial score (nSPS) is 16.7. The maximum Gasteiger partial charge on any atom is 0.253 e. The summed E-state index contributed by atoms with van der Waals surface area (Å²) in [6.07, 6.45) is 4.11.